The summed E-state index contributed by atoms with van der Waals surface area (Å²) in [6.07, 6.45) is 0. The van der Waals surface area contributed by atoms with Crippen LogP contribution in [0.2, 0.25) is 0 Å². The largest absolute Gasteiger partial charge is 0.310 e. The molecule has 0 saturated carbocycles. The highest BCUT2D eigenvalue weighted by Gasteiger charge is 2.31. The highest BCUT2D eigenvalue weighted by Crippen LogP contribution is 2.59. The summed E-state index contributed by atoms with van der Waals surface area (Å²) in [5.41, 5.74) is 11.2. The molecule has 1 heteroatoms. The van der Waals surface area contributed by atoms with E-state index in [4.69, 9.17) is 0 Å². The van der Waals surface area contributed by atoms with Crippen molar-refractivity contribution in [2.24, 2.45) is 0 Å². The average molecular weight is 996 g/mol. The van der Waals surface area contributed by atoms with E-state index in [1.807, 2.05) is 0 Å². The predicted octanol–water partition coefficient (Wildman–Crippen LogP) is 22.4. The van der Waals surface area contributed by atoms with Crippen molar-refractivity contribution in [1.29, 1.82) is 0 Å². The number of benzene rings is 15. The molecule has 0 unspecified atom stereocenters. The van der Waals surface area contributed by atoms with Gasteiger partial charge in [-0.25, -0.2) is 0 Å². The Bertz CT molecular complexity index is 5600. The second-order valence-corrected chi connectivity index (χ2v) is 22.5. The molecule has 0 fully saturated rings. The average Bonchev–Trinajstić information content (AvgIpc) is 3.82. The molecule has 0 heterocycles. The Labute approximate surface area is 454 Å². The zero-order valence-corrected chi connectivity index (χ0v) is 43.5. The number of aryl methyl sites for hydroxylation is 2. The van der Waals surface area contributed by atoms with Gasteiger partial charge in [-0.2, -0.15) is 0 Å². The smallest absolute Gasteiger partial charge is 0.0540 e. The summed E-state index contributed by atoms with van der Waals surface area (Å²) in [5.74, 6) is 0. The van der Waals surface area contributed by atoms with Crippen molar-refractivity contribution in [3.05, 3.63) is 248 Å². The van der Waals surface area contributed by atoms with E-state index in [1.165, 1.54) is 190 Å². The van der Waals surface area contributed by atoms with E-state index in [0.717, 1.165) is 11.4 Å². The molecule has 0 aliphatic rings. The first-order chi connectivity index (χ1) is 39.1. The topological polar surface area (TPSA) is 3.24 Å². The standard InChI is InChI=1S/C78H45N/c1-42-17-9-11-24-47(42)72-75-58-30-16-29-57-64(79(45-20-5-3-6-21-45)46-22-7-4-8-23-46)40-39-59(66(57)58)76(75)73(48-25-12-10-18-43(48)2)78-62-38-35-55-53-33-36-60-69-56(32-31-52(67(53)69)54-34-37-61(77(72)78)70(62)68(54)55)63-41-44-19-15-28-50-49-26-13-14-27-51(49)74(65(44)50)71(60)63/h3-41H,1-2H3. The van der Waals surface area contributed by atoms with Gasteiger partial charge in [0.15, 0.2) is 0 Å². The minimum atomic E-state index is 1.13. The summed E-state index contributed by atoms with van der Waals surface area (Å²) in [4.78, 5) is 2.43. The Morgan fingerprint density at radius 2 is 0.570 bits per heavy atom. The first-order valence-corrected chi connectivity index (χ1v) is 27.8. The van der Waals surface area contributed by atoms with E-state index in [2.05, 4.69) is 255 Å². The summed E-state index contributed by atoms with van der Waals surface area (Å²) in [6, 6.07) is 90.0. The van der Waals surface area contributed by atoms with E-state index in [9.17, 15) is 0 Å². The van der Waals surface area contributed by atoms with Crippen LogP contribution in [0.15, 0.2) is 237 Å². The minimum absolute atomic E-state index is 1.13. The van der Waals surface area contributed by atoms with Gasteiger partial charge in [-0.15, -0.1) is 0 Å². The molecule has 0 aliphatic carbocycles. The zero-order valence-electron chi connectivity index (χ0n) is 43.5. The Kier molecular flexibility index (Phi) is 7.93. The Morgan fingerprint density at radius 1 is 0.215 bits per heavy atom. The van der Waals surface area contributed by atoms with Crippen LogP contribution in [0, 0.1) is 13.8 Å². The monoisotopic (exact) mass is 995 g/mol. The molecule has 0 aliphatic heterocycles. The fraction of sp³-hybridized carbons (Fsp3) is 0.0256. The summed E-state index contributed by atoms with van der Waals surface area (Å²) in [7, 11) is 0. The van der Waals surface area contributed by atoms with Gasteiger partial charge >= 0.3 is 0 Å². The number of anilines is 3. The van der Waals surface area contributed by atoms with Crippen LogP contribution in [0.25, 0.3) is 173 Å². The molecule has 0 atom stereocenters. The normalized spacial score (nSPS) is 12.7. The maximum absolute atomic E-state index is 2.50. The van der Waals surface area contributed by atoms with Crippen LogP contribution >= 0.6 is 0 Å². The molecule has 0 bridgehead atoms. The molecular formula is C78H45N. The Hall–Kier alpha value is -10.1. The SMILES string of the molecule is Cc1ccccc1-c1c2c3cccc4c(N(c5ccccc5)c5ccccc5)ccc(c2c(-c2ccccc2C)c2c5ccc6c7ccc8c9c(ccc(c%10ccc(c12)c5c%106)c79)c1cc2cccc5c6ccccc6c(c25)c18)c43. The number of rotatable bonds is 5. The lowest BCUT2D eigenvalue weighted by atomic mass is 9.85. The van der Waals surface area contributed by atoms with Gasteiger partial charge in [-0.3, -0.25) is 0 Å². The van der Waals surface area contributed by atoms with Crippen LogP contribution in [0.1, 0.15) is 11.1 Å². The van der Waals surface area contributed by atoms with Crippen LogP contribution < -0.4 is 4.90 Å². The highest BCUT2D eigenvalue weighted by atomic mass is 15.1. The van der Waals surface area contributed by atoms with Gasteiger partial charge in [0.1, 0.15) is 0 Å². The van der Waals surface area contributed by atoms with Crippen LogP contribution in [0.5, 0.6) is 0 Å². The van der Waals surface area contributed by atoms with E-state index in [0.29, 0.717) is 0 Å². The van der Waals surface area contributed by atoms with Gasteiger partial charge in [0.25, 0.3) is 0 Å². The third-order valence-corrected chi connectivity index (χ3v) is 18.8. The molecule has 0 spiro atoms. The van der Waals surface area contributed by atoms with Crippen LogP contribution in [0.4, 0.5) is 17.1 Å². The molecule has 0 N–H and O–H groups in total. The van der Waals surface area contributed by atoms with Gasteiger partial charge in [-0.05, 0) is 229 Å². The van der Waals surface area contributed by atoms with Gasteiger partial charge in [0.05, 0.1) is 5.69 Å². The first kappa shape index (κ1) is 42.1. The molecule has 19 aromatic carbocycles. The van der Waals surface area contributed by atoms with E-state index in [-0.39, 0.29) is 0 Å². The van der Waals surface area contributed by atoms with E-state index in [1.54, 1.807) is 0 Å². The van der Waals surface area contributed by atoms with Gasteiger partial charge in [0, 0.05) is 16.8 Å². The third kappa shape index (κ3) is 5.13. The molecule has 0 amide bonds. The minimum Gasteiger partial charge on any atom is -0.310 e. The van der Waals surface area contributed by atoms with Crippen molar-refractivity contribution < 1.29 is 0 Å². The lowest BCUT2D eigenvalue weighted by Crippen LogP contribution is -2.10. The molecule has 0 saturated heterocycles. The maximum atomic E-state index is 2.50. The second kappa shape index (κ2) is 14.9. The molecule has 19 aromatic rings. The molecule has 79 heavy (non-hydrogen) atoms. The molecule has 1 nitrogen and oxygen atoms in total. The van der Waals surface area contributed by atoms with Crippen molar-refractivity contribution in [3.8, 4) is 22.3 Å². The number of hydrogen-bond donors (Lipinski definition) is 0. The summed E-state index contributed by atoms with van der Waals surface area (Å²) in [5, 5.41) is 37.4. The summed E-state index contributed by atoms with van der Waals surface area (Å²) in [6.45, 7) is 4.61. The maximum Gasteiger partial charge on any atom is 0.0540 e. The number of fused-ring (bicyclic) bond motifs is 15. The van der Waals surface area contributed by atoms with E-state index >= 15 is 0 Å². The van der Waals surface area contributed by atoms with Gasteiger partial charge in [0.2, 0.25) is 0 Å². The fourth-order valence-corrected chi connectivity index (χ4v) is 15.8. The summed E-state index contributed by atoms with van der Waals surface area (Å²) >= 11 is 0. The van der Waals surface area contributed by atoms with Crippen molar-refractivity contribution >= 4 is 168 Å². The fourth-order valence-electron chi connectivity index (χ4n) is 15.8. The summed E-state index contributed by atoms with van der Waals surface area (Å²) < 4.78 is 0. The molecule has 0 radical (unpaired) electrons. The quantitative estimate of drug-likeness (QED) is 0.123. The first-order valence-electron chi connectivity index (χ1n) is 27.8. The Balaban J connectivity index is 0.984. The molecule has 0 aromatic heterocycles. The predicted molar refractivity (Wildman–Crippen MR) is 342 cm³/mol. The van der Waals surface area contributed by atoms with Crippen LogP contribution in [-0.2, 0) is 0 Å². The molecular weight excluding hydrogens is 951 g/mol. The molecule has 19 rings (SSSR count). The molecule has 362 valence electrons. The van der Waals surface area contributed by atoms with Crippen molar-refractivity contribution in [2.75, 3.05) is 4.90 Å². The van der Waals surface area contributed by atoms with Crippen LogP contribution in [0.3, 0.4) is 0 Å². The zero-order chi connectivity index (χ0) is 51.5. The van der Waals surface area contributed by atoms with E-state index < -0.39 is 0 Å². The van der Waals surface area contributed by atoms with Crippen molar-refractivity contribution in [1.82, 2.24) is 0 Å². The highest BCUT2D eigenvalue weighted by molar-refractivity contribution is 6.52. The number of nitrogens with zero attached hydrogens (tertiary/aromatic N) is 1. The van der Waals surface area contributed by atoms with Crippen molar-refractivity contribution in [2.45, 2.75) is 13.8 Å². The second-order valence-electron chi connectivity index (χ2n) is 22.5. The van der Waals surface area contributed by atoms with Crippen LogP contribution in [-0.4, -0.2) is 0 Å². The number of hydrogen-bond acceptors (Lipinski definition) is 1. The van der Waals surface area contributed by atoms with Crippen molar-refractivity contribution in [3.63, 3.8) is 0 Å². The van der Waals surface area contributed by atoms with Gasteiger partial charge < -0.3 is 4.90 Å². The lowest BCUT2D eigenvalue weighted by molar-refractivity contribution is 1.30. The number of para-hydroxylation sites is 2. The Morgan fingerprint density at radius 3 is 1.15 bits per heavy atom. The third-order valence-electron chi connectivity index (χ3n) is 18.8. The van der Waals surface area contributed by atoms with Gasteiger partial charge in [-0.1, -0.05) is 200 Å². The lowest BCUT2D eigenvalue weighted by Gasteiger charge is -2.27.